The first-order valence-electron chi connectivity index (χ1n) is 9.40. The fraction of sp³-hybridized carbons (Fsp3) is 0.263. The molecule has 11 heteroatoms. The predicted molar refractivity (Wildman–Crippen MR) is 111 cm³/mol. The monoisotopic (exact) mass is 423 g/mol. The summed E-state index contributed by atoms with van der Waals surface area (Å²) >= 11 is 1.62. The number of hydrogen-bond acceptors (Lipinski definition) is 10. The summed E-state index contributed by atoms with van der Waals surface area (Å²) in [4.78, 5) is 29.1. The lowest BCUT2D eigenvalue weighted by molar-refractivity contribution is -0.384. The van der Waals surface area contributed by atoms with Gasteiger partial charge in [0.2, 0.25) is 11.7 Å². The summed E-state index contributed by atoms with van der Waals surface area (Å²) in [5.74, 6) is 1.94. The minimum Gasteiger partial charge on any atom is -0.353 e. The fourth-order valence-corrected chi connectivity index (χ4v) is 4.23. The molecule has 4 heterocycles. The molecule has 5 rings (SSSR count). The van der Waals surface area contributed by atoms with Gasteiger partial charge < -0.3 is 9.42 Å². The molecule has 3 aromatic heterocycles. The van der Waals surface area contributed by atoms with E-state index in [4.69, 9.17) is 4.52 Å². The molecule has 0 N–H and O–H groups in total. The van der Waals surface area contributed by atoms with Crippen LogP contribution in [0.3, 0.4) is 0 Å². The fourth-order valence-electron chi connectivity index (χ4n) is 3.51. The van der Waals surface area contributed by atoms with Crippen molar-refractivity contribution in [2.24, 2.45) is 0 Å². The van der Waals surface area contributed by atoms with Crippen LogP contribution in [0.25, 0.3) is 21.6 Å². The summed E-state index contributed by atoms with van der Waals surface area (Å²) < 4.78 is 5.39. The Morgan fingerprint density at radius 2 is 1.90 bits per heavy atom. The SMILES string of the molecule is O=[N+]([O-])c1ccc(-c2noc(CN3CCN(c4ncnc5sccc45)CC3)n2)cc1. The summed E-state index contributed by atoms with van der Waals surface area (Å²) in [6.07, 6.45) is 1.62. The van der Waals surface area contributed by atoms with Gasteiger partial charge in [-0.2, -0.15) is 4.98 Å². The molecule has 4 aromatic rings. The summed E-state index contributed by atoms with van der Waals surface area (Å²) in [5.41, 5.74) is 0.715. The number of nitro benzene ring substituents is 1. The van der Waals surface area contributed by atoms with E-state index >= 15 is 0 Å². The minimum absolute atomic E-state index is 0.0313. The van der Waals surface area contributed by atoms with Crippen molar-refractivity contribution in [2.45, 2.75) is 6.54 Å². The van der Waals surface area contributed by atoms with E-state index in [1.54, 1.807) is 29.8 Å². The van der Waals surface area contributed by atoms with Crippen LogP contribution in [0.4, 0.5) is 11.5 Å². The smallest absolute Gasteiger partial charge is 0.269 e. The van der Waals surface area contributed by atoms with Gasteiger partial charge in [0.1, 0.15) is 17.0 Å². The van der Waals surface area contributed by atoms with E-state index in [1.807, 2.05) is 5.38 Å². The Kier molecular flexibility index (Phi) is 4.81. The van der Waals surface area contributed by atoms with Crippen molar-refractivity contribution in [3.05, 3.63) is 58.0 Å². The van der Waals surface area contributed by atoms with Gasteiger partial charge in [-0.15, -0.1) is 11.3 Å². The number of nitro groups is 1. The third kappa shape index (κ3) is 3.60. The maximum absolute atomic E-state index is 10.8. The summed E-state index contributed by atoms with van der Waals surface area (Å²) in [6.45, 7) is 3.97. The summed E-state index contributed by atoms with van der Waals surface area (Å²) in [5, 5.41) is 17.9. The minimum atomic E-state index is -0.435. The first kappa shape index (κ1) is 18.6. The van der Waals surface area contributed by atoms with Crippen molar-refractivity contribution >= 4 is 33.1 Å². The van der Waals surface area contributed by atoms with Crippen molar-refractivity contribution in [3.8, 4) is 11.4 Å². The topological polar surface area (TPSA) is 114 Å². The predicted octanol–water partition coefficient (Wildman–Crippen LogP) is 2.97. The zero-order valence-corrected chi connectivity index (χ0v) is 16.7. The number of nitrogens with zero attached hydrogens (tertiary/aromatic N) is 7. The normalized spacial score (nSPS) is 15.0. The van der Waals surface area contributed by atoms with Crippen LogP contribution in [0.15, 0.2) is 46.6 Å². The van der Waals surface area contributed by atoms with Crippen LogP contribution in [0, 0.1) is 10.1 Å². The number of aromatic nitrogens is 4. The van der Waals surface area contributed by atoms with E-state index in [9.17, 15) is 10.1 Å². The van der Waals surface area contributed by atoms with E-state index in [1.165, 1.54) is 12.1 Å². The highest BCUT2D eigenvalue weighted by atomic mass is 32.1. The van der Waals surface area contributed by atoms with Gasteiger partial charge in [0, 0.05) is 43.9 Å². The molecule has 0 amide bonds. The van der Waals surface area contributed by atoms with Crippen LogP contribution < -0.4 is 4.90 Å². The van der Waals surface area contributed by atoms with Gasteiger partial charge >= 0.3 is 0 Å². The summed E-state index contributed by atoms with van der Waals surface area (Å²) in [6, 6.07) is 8.18. The van der Waals surface area contributed by atoms with E-state index in [0.717, 1.165) is 42.2 Å². The average Bonchev–Trinajstić information content (AvgIpc) is 3.44. The molecule has 152 valence electrons. The number of fused-ring (bicyclic) bond motifs is 1. The average molecular weight is 423 g/mol. The first-order chi connectivity index (χ1) is 14.7. The van der Waals surface area contributed by atoms with Crippen LogP contribution in [0.5, 0.6) is 0 Å². The Morgan fingerprint density at radius 3 is 2.67 bits per heavy atom. The molecule has 0 spiro atoms. The second-order valence-electron chi connectivity index (χ2n) is 6.92. The van der Waals surface area contributed by atoms with E-state index in [-0.39, 0.29) is 5.69 Å². The molecule has 10 nitrogen and oxygen atoms in total. The maximum atomic E-state index is 10.8. The van der Waals surface area contributed by atoms with Gasteiger partial charge in [-0.1, -0.05) is 5.16 Å². The lowest BCUT2D eigenvalue weighted by Crippen LogP contribution is -2.46. The van der Waals surface area contributed by atoms with Crippen LogP contribution in [0.1, 0.15) is 5.89 Å². The Hall–Kier alpha value is -3.44. The third-order valence-corrected chi connectivity index (χ3v) is 5.90. The number of non-ortho nitro benzene ring substituents is 1. The molecule has 0 atom stereocenters. The van der Waals surface area contributed by atoms with Crippen molar-refractivity contribution in [1.82, 2.24) is 25.0 Å². The number of hydrogen-bond donors (Lipinski definition) is 0. The van der Waals surface area contributed by atoms with Gasteiger partial charge in [0.05, 0.1) is 16.9 Å². The van der Waals surface area contributed by atoms with Gasteiger partial charge in [-0.25, -0.2) is 9.97 Å². The Bertz CT molecular complexity index is 1180. The number of rotatable bonds is 5. The number of piperazine rings is 1. The highest BCUT2D eigenvalue weighted by Crippen LogP contribution is 2.27. The third-order valence-electron chi connectivity index (χ3n) is 5.08. The maximum Gasteiger partial charge on any atom is 0.269 e. The van der Waals surface area contributed by atoms with Crippen molar-refractivity contribution < 1.29 is 9.45 Å². The molecule has 1 aliphatic heterocycles. The molecule has 1 aromatic carbocycles. The molecule has 0 aliphatic carbocycles. The van der Waals surface area contributed by atoms with E-state index in [0.29, 0.717) is 23.8 Å². The van der Waals surface area contributed by atoms with Crippen LogP contribution in [-0.4, -0.2) is 56.1 Å². The zero-order chi connectivity index (χ0) is 20.5. The number of benzene rings is 1. The molecule has 0 unspecified atom stereocenters. The molecule has 1 aliphatic rings. The van der Waals surface area contributed by atoms with E-state index in [2.05, 4.69) is 36.0 Å². The lowest BCUT2D eigenvalue weighted by atomic mass is 10.2. The zero-order valence-electron chi connectivity index (χ0n) is 15.8. The molecule has 1 fully saturated rings. The van der Waals surface area contributed by atoms with Crippen LogP contribution in [0.2, 0.25) is 0 Å². The second kappa shape index (κ2) is 7.76. The Labute approximate surface area is 174 Å². The highest BCUT2D eigenvalue weighted by molar-refractivity contribution is 7.16. The van der Waals surface area contributed by atoms with Crippen LogP contribution >= 0.6 is 11.3 Å². The molecule has 30 heavy (non-hydrogen) atoms. The van der Waals surface area contributed by atoms with Gasteiger partial charge in [0.15, 0.2) is 0 Å². The molecule has 0 radical (unpaired) electrons. The highest BCUT2D eigenvalue weighted by Gasteiger charge is 2.22. The number of anilines is 1. The van der Waals surface area contributed by atoms with Crippen molar-refractivity contribution in [1.29, 1.82) is 0 Å². The largest absolute Gasteiger partial charge is 0.353 e. The van der Waals surface area contributed by atoms with Gasteiger partial charge in [0.25, 0.3) is 5.69 Å². The second-order valence-corrected chi connectivity index (χ2v) is 7.81. The molecular weight excluding hydrogens is 406 g/mol. The lowest BCUT2D eigenvalue weighted by Gasteiger charge is -2.34. The molecule has 1 saturated heterocycles. The standard InChI is InChI=1S/C19H17N7O3S/c27-26(28)14-3-1-13(2-4-14)17-22-16(29-23-17)11-24-6-8-25(9-7-24)18-15-5-10-30-19(15)21-12-20-18/h1-5,10,12H,6-9,11H2. The van der Waals surface area contributed by atoms with Crippen molar-refractivity contribution in [2.75, 3.05) is 31.1 Å². The van der Waals surface area contributed by atoms with Crippen LogP contribution in [-0.2, 0) is 6.54 Å². The Morgan fingerprint density at radius 1 is 1.10 bits per heavy atom. The number of thiophene rings is 1. The Balaban J connectivity index is 1.22. The molecule has 0 bridgehead atoms. The molecule has 0 saturated carbocycles. The first-order valence-corrected chi connectivity index (χ1v) is 10.3. The van der Waals surface area contributed by atoms with E-state index < -0.39 is 4.92 Å². The molecular formula is C19H17N7O3S. The summed E-state index contributed by atoms with van der Waals surface area (Å²) in [7, 11) is 0. The quantitative estimate of drug-likeness (QED) is 0.353. The van der Waals surface area contributed by atoms with Crippen molar-refractivity contribution in [3.63, 3.8) is 0 Å². The van der Waals surface area contributed by atoms with Gasteiger partial charge in [-0.3, -0.25) is 15.0 Å². The van der Waals surface area contributed by atoms with Gasteiger partial charge in [-0.05, 0) is 23.6 Å².